The number of hydrogen-bond acceptors (Lipinski definition) is 4. The maximum atomic E-state index is 12.4. The average Bonchev–Trinajstić information content (AvgIpc) is 2.66. The van der Waals surface area contributed by atoms with Gasteiger partial charge < -0.3 is 20.0 Å². The summed E-state index contributed by atoms with van der Waals surface area (Å²) in [4.78, 5) is 23.8. The highest BCUT2D eigenvalue weighted by molar-refractivity contribution is 5.74. The first kappa shape index (κ1) is 19.0. The van der Waals surface area contributed by atoms with E-state index < -0.39 is 0 Å². The number of nitrogens with zero attached hydrogens (tertiary/aromatic N) is 4. The van der Waals surface area contributed by atoms with Gasteiger partial charge in [-0.05, 0) is 36.4 Å². The molecule has 3 rings (SSSR count). The predicted molar refractivity (Wildman–Crippen MR) is 105 cm³/mol. The number of likely N-dealkylation sites (N-methyl/N-ethyl adjacent to an activating group) is 1. The van der Waals surface area contributed by atoms with E-state index in [0.29, 0.717) is 18.4 Å². The zero-order chi connectivity index (χ0) is 18.5. The van der Waals surface area contributed by atoms with Crippen molar-refractivity contribution in [1.29, 1.82) is 0 Å². The standard InChI is InChI=1S/C20H33N5O/c1-4-23-7-9-24(10-8-23)19-6-5-18(12-21-19)13-22-20(26)25-14-16(2)11-17(3)15-25/h5-6,12,16-17H,4,7-11,13-15H2,1-3H3,(H,22,26). The number of carbonyl (C=O) groups is 1. The number of amides is 2. The van der Waals surface area contributed by atoms with Crippen LogP contribution in [0.4, 0.5) is 10.6 Å². The van der Waals surface area contributed by atoms with Gasteiger partial charge in [0.15, 0.2) is 0 Å². The number of hydrogen-bond donors (Lipinski definition) is 1. The molecule has 144 valence electrons. The molecule has 2 fully saturated rings. The van der Waals surface area contributed by atoms with E-state index in [4.69, 9.17) is 0 Å². The van der Waals surface area contributed by atoms with Gasteiger partial charge in [0.2, 0.25) is 0 Å². The highest BCUT2D eigenvalue weighted by atomic mass is 16.2. The second-order valence-corrected chi connectivity index (χ2v) is 7.96. The molecule has 2 amide bonds. The molecule has 2 aliphatic heterocycles. The molecule has 2 saturated heterocycles. The minimum absolute atomic E-state index is 0.0446. The van der Waals surface area contributed by atoms with Gasteiger partial charge in [-0.2, -0.15) is 0 Å². The summed E-state index contributed by atoms with van der Waals surface area (Å²) in [6, 6.07) is 4.20. The molecule has 0 spiro atoms. The first-order valence-corrected chi connectivity index (χ1v) is 10.00. The van der Waals surface area contributed by atoms with E-state index in [9.17, 15) is 4.79 Å². The maximum absolute atomic E-state index is 12.4. The van der Waals surface area contributed by atoms with Crippen molar-refractivity contribution in [3.8, 4) is 0 Å². The zero-order valence-corrected chi connectivity index (χ0v) is 16.4. The van der Waals surface area contributed by atoms with Crippen molar-refractivity contribution in [2.75, 3.05) is 50.7 Å². The Labute approximate surface area is 157 Å². The third kappa shape index (κ3) is 4.87. The summed E-state index contributed by atoms with van der Waals surface area (Å²) < 4.78 is 0. The van der Waals surface area contributed by atoms with Crippen molar-refractivity contribution < 1.29 is 4.79 Å². The summed E-state index contributed by atoms with van der Waals surface area (Å²) in [5.41, 5.74) is 1.05. The molecule has 6 heteroatoms. The Bertz CT molecular complexity index is 572. The van der Waals surface area contributed by atoms with E-state index >= 15 is 0 Å². The second kappa shape index (κ2) is 8.71. The van der Waals surface area contributed by atoms with Crippen LogP contribution in [-0.4, -0.2) is 66.6 Å². The van der Waals surface area contributed by atoms with Gasteiger partial charge in [-0.25, -0.2) is 9.78 Å². The van der Waals surface area contributed by atoms with E-state index in [1.54, 1.807) is 0 Å². The van der Waals surface area contributed by atoms with Crippen LogP contribution in [0.25, 0.3) is 0 Å². The number of piperidine rings is 1. The Kier molecular flexibility index (Phi) is 6.35. The molecule has 2 atom stereocenters. The molecule has 1 N–H and O–H groups in total. The van der Waals surface area contributed by atoms with E-state index in [1.807, 2.05) is 11.1 Å². The van der Waals surface area contributed by atoms with Gasteiger partial charge in [0.1, 0.15) is 5.82 Å². The number of nitrogens with one attached hydrogen (secondary N) is 1. The fourth-order valence-electron chi connectivity index (χ4n) is 4.12. The van der Waals surface area contributed by atoms with E-state index in [2.05, 4.69) is 53.0 Å². The summed E-state index contributed by atoms with van der Waals surface area (Å²) in [5.74, 6) is 2.20. The lowest BCUT2D eigenvalue weighted by Gasteiger charge is -2.35. The van der Waals surface area contributed by atoms with Crippen LogP contribution >= 0.6 is 0 Å². The smallest absolute Gasteiger partial charge is 0.317 e. The number of carbonyl (C=O) groups excluding carboxylic acids is 1. The van der Waals surface area contributed by atoms with Crippen molar-refractivity contribution in [2.24, 2.45) is 11.8 Å². The van der Waals surface area contributed by atoms with Crippen LogP contribution in [-0.2, 0) is 6.54 Å². The van der Waals surface area contributed by atoms with Crippen molar-refractivity contribution in [3.63, 3.8) is 0 Å². The quantitative estimate of drug-likeness (QED) is 0.897. The normalized spacial score (nSPS) is 24.6. The van der Waals surface area contributed by atoms with Crippen LogP contribution in [0.5, 0.6) is 0 Å². The number of pyridine rings is 1. The Morgan fingerprint density at radius 3 is 2.42 bits per heavy atom. The van der Waals surface area contributed by atoms with Gasteiger partial charge in [-0.3, -0.25) is 0 Å². The lowest BCUT2D eigenvalue weighted by molar-refractivity contribution is 0.146. The highest BCUT2D eigenvalue weighted by Crippen LogP contribution is 2.21. The van der Waals surface area contributed by atoms with E-state index in [-0.39, 0.29) is 6.03 Å². The molecule has 6 nitrogen and oxygen atoms in total. The number of likely N-dealkylation sites (tertiary alicyclic amines) is 1. The molecule has 0 aliphatic carbocycles. The zero-order valence-electron chi connectivity index (χ0n) is 16.4. The Hall–Kier alpha value is -1.82. The topological polar surface area (TPSA) is 51.7 Å². The first-order valence-electron chi connectivity index (χ1n) is 10.00. The molecule has 1 aromatic rings. The van der Waals surface area contributed by atoms with Gasteiger partial charge in [-0.1, -0.05) is 26.8 Å². The number of piperazine rings is 1. The lowest BCUT2D eigenvalue weighted by atomic mass is 9.92. The van der Waals surface area contributed by atoms with Crippen LogP contribution in [0.1, 0.15) is 32.8 Å². The molecule has 0 saturated carbocycles. The minimum Gasteiger partial charge on any atom is -0.354 e. The SMILES string of the molecule is CCN1CCN(c2ccc(CNC(=O)N3CC(C)CC(C)C3)cn2)CC1. The van der Waals surface area contributed by atoms with Gasteiger partial charge >= 0.3 is 6.03 Å². The number of rotatable bonds is 4. The third-order valence-corrected chi connectivity index (χ3v) is 5.55. The van der Waals surface area contributed by atoms with Gasteiger partial charge in [0, 0.05) is 52.0 Å². The minimum atomic E-state index is 0.0446. The molecule has 26 heavy (non-hydrogen) atoms. The predicted octanol–water partition coefficient (Wildman–Crippen LogP) is 2.41. The molecule has 0 bridgehead atoms. The molecule has 0 radical (unpaired) electrons. The first-order chi connectivity index (χ1) is 12.5. The van der Waals surface area contributed by atoms with Crippen LogP contribution in [0.15, 0.2) is 18.3 Å². The molecule has 2 aliphatic rings. The maximum Gasteiger partial charge on any atom is 0.317 e. The summed E-state index contributed by atoms with van der Waals surface area (Å²) in [7, 11) is 0. The fraction of sp³-hybridized carbons (Fsp3) is 0.700. The number of anilines is 1. The van der Waals surface area contributed by atoms with Crippen molar-refractivity contribution in [2.45, 2.75) is 33.7 Å². The van der Waals surface area contributed by atoms with E-state index in [0.717, 1.165) is 57.2 Å². The van der Waals surface area contributed by atoms with Crippen molar-refractivity contribution >= 4 is 11.8 Å². The van der Waals surface area contributed by atoms with Crippen LogP contribution in [0.3, 0.4) is 0 Å². The summed E-state index contributed by atoms with van der Waals surface area (Å²) in [5, 5.41) is 3.05. The summed E-state index contributed by atoms with van der Waals surface area (Å²) >= 11 is 0. The van der Waals surface area contributed by atoms with Crippen LogP contribution in [0.2, 0.25) is 0 Å². The largest absolute Gasteiger partial charge is 0.354 e. The highest BCUT2D eigenvalue weighted by Gasteiger charge is 2.25. The van der Waals surface area contributed by atoms with Crippen LogP contribution < -0.4 is 10.2 Å². The molecule has 1 aromatic heterocycles. The van der Waals surface area contributed by atoms with Crippen molar-refractivity contribution in [3.05, 3.63) is 23.9 Å². The lowest BCUT2D eigenvalue weighted by Crippen LogP contribution is -2.47. The van der Waals surface area contributed by atoms with Gasteiger partial charge in [0.25, 0.3) is 0 Å². The number of urea groups is 1. The monoisotopic (exact) mass is 359 g/mol. The summed E-state index contributed by atoms with van der Waals surface area (Å²) in [6.45, 7) is 14.3. The average molecular weight is 360 g/mol. The molecule has 0 aromatic carbocycles. The second-order valence-electron chi connectivity index (χ2n) is 7.96. The van der Waals surface area contributed by atoms with Gasteiger partial charge in [0.05, 0.1) is 0 Å². The summed E-state index contributed by atoms with van der Waals surface area (Å²) in [6.07, 6.45) is 3.10. The molecular weight excluding hydrogens is 326 g/mol. The Morgan fingerprint density at radius 2 is 1.85 bits per heavy atom. The van der Waals surface area contributed by atoms with Crippen LogP contribution in [0, 0.1) is 11.8 Å². The molecular formula is C20H33N5O. The fourth-order valence-corrected chi connectivity index (χ4v) is 4.12. The Morgan fingerprint density at radius 1 is 1.15 bits per heavy atom. The third-order valence-electron chi connectivity index (χ3n) is 5.55. The molecule has 3 heterocycles. The Balaban J connectivity index is 1.48. The van der Waals surface area contributed by atoms with E-state index in [1.165, 1.54) is 6.42 Å². The van der Waals surface area contributed by atoms with Gasteiger partial charge in [-0.15, -0.1) is 0 Å². The number of aromatic nitrogens is 1. The van der Waals surface area contributed by atoms with Crippen molar-refractivity contribution in [1.82, 2.24) is 20.1 Å². The molecule has 2 unspecified atom stereocenters.